The smallest absolute Gasteiger partial charge is 0.310 e. The minimum atomic E-state index is -0.562. The van der Waals surface area contributed by atoms with Crippen LogP contribution in [0.25, 0.3) is 0 Å². The van der Waals surface area contributed by atoms with Gasteiger partial charge in [0.25, 0.3) is 11.6 Å². The van der Waals surface area contributed by atoms with Gasteiger partial charge in [0.05, 0.1) is 24.1 Å². The lowest BCUT2D eigenvalue weighted by Gasteiger charge is -2.20. The molecule has 1 aromatic heterocycles. The number of aromatic nitrogens is 1. The van der Waals surface area contributed by atoms with Crippen LogP contribution in [0, 0.1) is 16.0 Å². The molecule has 0 aromatic carbocycles. The summed E-state index contributed by atoms with van der Waals surface area (Å²) >= 11 is 0. The second-order valence-corrected chi connectivity index (χ2v) is 4.56. The van der Waals surface area contributed by atoms with E-state index in [1.807, 2.05) is 0 Å². The van der Waals surface area contributed by atoms with Crippen molar-refractivity contribution in [3.63, 3.8) is 0 Å². The number of aryl methyl sites for hydroxylation is 1. The molecule has 1 rings (SSSR count). The molecule has 8 heteroatoms. The van der Waals surface area contributed by atoms with Gasteiger partial charge in [-0.15, -0.1) is 0 Å². The quantitative estimate of drug-likeness (QED) is 0.453. The minimum Gasteiger partial charge on any atom is -0.469 e. The van der Waals surface area contributed by atoms with Crippen LogP contribution >= 0.6 is 0 Å². The Kier molecular flexibility index (Phi) is 4.84. The van der Waals surface area contributed by atoms with Crippen LogP contribution in [0.3, 0.4) is 0 Å². The average Bonchev–Trinajstić information content (AvgIpc) is 2.78. The molecule has 0 saturated carbocycles. The Morgan fingerprint density at radius 2 is 2.15 bits per heavy atom. The van der Waals surface area contributed by atoms with E-state index in [1.54, 1.807) is 14.0 Å². The topological polar surface area (TPSA) is 94.7 Å². The van der Waals surface area contributed by atoms with Crippen molar-refractivity contribution in [2.24, 2.45) is 13.0 Å². The first-order chi connectivity index (χ1) is 9.27. The number of methoxy groups -OCH3 is 1. The first-order valence-electron chi connectivity index (χ1n) is 5.92. The molecule has 0 radical (unpaired) electrons. The zero-order valence-corrected chi connectivity index (χ0v) is 11.8. The molecule has 0 aliphatic heterocycles. The van der Waals surface area contributed by atoms with Crippen LogP contribution in [0.1, 0.15) is 17.4 Å². The van der Waals surface area contributed by atoms with Crippen LogP contribution in [0.15, 0.2) is 12.3 Å². The Bertz CT molecular complexity index is 537. The Morgan fingerprint density at radius 1 is 1.55 bits per heavy atom. The van der Waals surface area contributed by atoms with Gasteiger partial charge in [-0.1, -0.05) is 6.92 Å². The Hall–Kier alpha value is -2.38. The summed E-state index contributed by atoms with van der Waals surface area (Å²) in [6.45, 7) is 1.81. The molecule has 1 atom stereocenters. The van der Waals surface area contributed by atoms with Crippen LogP contribution in [0.4, 0.5) is 5.69 Å². The summed E-state index contributed by atoms with van der Waals surface area (Å²) in [7, 11) is 4.36. The van der Waals surface area contributed by atoms with Crippen LogP contribution in [0.2, 0.25) is 0 Å². The van der Waals surface area contributed by atoms with Crippen molar-refractivity contribution in [1.29, 1.82) is 0 Å². The highest BCUT2D eigenvalue weighted by atomic mass is 16.6. The Balaban J connectivity index is 2.84. The van der Waals surface area contributed by atoms with Crippen molar-refractivity contribution in [3.8, 4) is 0 Å². The number of hydrogen-bond acceptors (Lipinski definition) is 5. The molecule has 0 fully saturated rings. The highest BCUT2D eigenvalue weighted by Gasteiger charge is 2.23. The van der Waals surface area contributed by atoms with E-state index in [4.69, 9.17) is 0 Å². The molecule has 1 unspecified atom stereocenters. The summed E-state index contributed by atoms with van der Waals surface area (Å²) < 4.78 is 5.97. The van der Waals surface area contributed by atoms with E-state index in [2.05, 4.69) is 4.74 Å². The first-order valence-corrected chi connectivity index (χ1v) is 5.92. The van der Waals surface area contributed by atoms with Crippen molar-refractivity contribution < 1.29 is 19.2 Å². The third-order valence-corrected chi connectivity index (χ3v) is 2.92. The van der Waals surface area contributed by atoms with Gasteiger partial charge < -0.3 is 14.2 Å². The molecule has 1 amide bonds. The lowest BCUT2D eigenvalue weighted by atomic mass is 10.1. The number of esters is 1. The van der Waals surface area contributed by atoms with Crippen molar-refractivity contribution in [3.05, 3.63) is 28.1 Å². The fourth-order valence-corrected chi connectivity index (χ4v) is 1.82. The molecule has 20 heavy (non-hydrogen) atoms. The zero-order chi connectivity index (χ0) is 15.4. The van der Waals surface area contributed by atoms with E-state index >= 15 is 0 Å². The largest absolute Gasteiger partial charge is 0.469 e. The standard InChI is InChI=1S/C12H17N3O5/c1-8(12(17)20-4)6-14(3)11(16)10-5-9(15(18)19)7-13(10)2/h5,7-8H,6H2,1-4H3. The van der Waals surface area contributed by atoms with Gasteiger partial charge in [-0.2, -0.15) is 0 Å². The molecule has 0 N–H and O–H groups in total. The summed E-state index contributed by atoms with van der Waals surface area (Å²) in [5.74, 6) is -1.27. The van der Waals surface area contributed by atoms with E-state index in [9.17, 15) is 19.7 Å². The van der Waals surface area contributed by atoms with Gasteiger partial charge in [0.1, 0.15) is 5.69 Å². The normalized spacial score (nSPS) is 11.8. The molecule has 0 aliphatic rings. The van der Waals surface area contributed by atoms with E-state index < -0.39 is 22.7 Å². The third kappa shape index (κ3) is 3.34. The lowest BCUT2D eigenvalue weighted by molar-refractivity contribution is -0.384. The lowest BCUT2D eigenvalue weighted by Crippen LogP contribution is -2.35. The van der Waals surface area contributed by atoms with Crippen molar-refractivity contribution >= 4 is 17.6 Å². The fourth-order valence-electron chi connectivity index (χ4n) is 1.82. The molecule has 0 spiro atoms. The Labute approximate surface area is 116 Å². The highest BCUT2D eigenvalue weighted by Crippen LogP contribution is 2.17. The molecule has 1 heterocycles. The number of nitro groups is 1. The van der Waals surface area contributed by atoms with Crippen molar-refractivity contribution in [2.45, 2.75) is 6.92 Å². The molecule has 110 valence electrons. The number of ether oxygens (including phenoxy) is 1. The van der Waals surface area contributed by atoms with Gasteiger partial charge in [-0.25, -0.2) is 0 Å². The Morgan fingerprint density at radius 3 is 2.60 bits per heavy atom. The number of carbonyl (C=O) groups excluding carboxylic acids is 2. The van der Waals surface area contributed by atoms with Gasteiger partial charge in [0.2, 0.25) is 0 Å². The molecular weight excluding hydrogens is 266 g/mol. The van der Waals surface area contributed by atoms with Gasteiger partial charge in [-0.05, 0) is 0 Å². The number of amides is 1. The van der Waals surface area contributed by atoms with Crippen molar-refractivity contribution in [2.75, 3.05) is 20.7 Å². The van der Waals surface area contributed by atoms with Gasteiger partial charge >= 0.3 is 5.97 Å². The number of carbonyl (C=O) groups is 2. The van der Waals surface area contributed by atoms with Crippen LogP contribution < -0.4 is 0 Å². The van der Waals surface area contributed by atoms with E-state index in [0.717, 1.165) is 0 Å². The molecule has 8 nitrogen and oxygen atoms in total. The molecule has 0 bridgehead atoms. The van der Waals surface area contributed by atoms with Crippen LogP contribution in [0.5, 0.6) is 0 Å². The average molecular weight is 283 g/mol. The zero-order valence-electron chi connectivity index (χ0n) is 11.8. The van der Waals surface area contributed by atoms with Crippen molar-refractivity contribution in [1.82, 2.24) is 9.47 Å². The predicted octanol–water partition coefficient (Wildman–Crippen LogP) is 0.814. The van der Waals surface area contributed by atoms with Gasteiger partial charge in [0, 0.05) is 26.7 Å². The molecular formula is C12H17N3O5. The fraction of sp³-hybridized carbons (Fsp3) is 0.500. The first kappa shape index (κ1) is 15.7. The second kappa shape index (κ2) is 6.18. The summed E-state index contributed by atoms with van der Waals surface area (Å²) in [5.41, 5.74) is 0.0431. The summed E-state index contributed by atoms with van der Waals surface area (Å²) in [6, 6.07) is 1.21. The molecule has 0 saturated heterocycles. The SMILES string of the molecule is COC(=O)C(C)CN(C)C(=O)c1cc([N+](=O)[O-])cn1C. The van der Waals surface area contributed by atoms with E-state index in [-0.39, 0.29) is 17.9 Å². The maximum Gasteiger partial charge on any atom is 0.310 e. The predicted molar refractivity (Wildman–Crippen MR) is 70.2 cm³/mol. The maximum absolute atomic E-state index is 12.2. The molecule has 1 aromatic rings. The second-order valence-electron chi connectivity index (χ2n) is 4.56. The maximum atomic E-state index is 12.2. The highest BCUT2D eigenvalue weighted by molar-refractivity contribution is 5.93. The van der Waals surface area contributed by atoms with Gasteiger partial charge in [-0.3, -0.25) is 19.7 Å². The minimum absolute atomic E-state index is 0.148. The van der Waals surface area contributed by atoms with Gasteiger partial charge in [0.15, 0.2) is 0 Å². The summed E-state index contributed by atoms with van der Waals surface area (Å²) in [6.07, 6.45) is 1.27. The monoisotopic (exact) mass is 283 g/mol. The summed E-state index contributed by atoms with van der Waals surface area (Å²) in [4.78, 5) is 34.9. The summed E-state index contributed by atoms with van der Waals surface area (Å²) in [5, 5.41) is 10.7. The number of nitrogens with zero attached hydrogens (tertiary/aromatic N) is 3. The van der Waals surface area contributed by atoms with Crippen LogP contribution in [-0.4, -0.2) is 47.0 Å². The van der Waals surface area contributed by atoms with E-state index in [1.165, 1.54) is 35.9 Å². The third-order valence-electron chi connectivity index (χ3n) is 2.92. The van der Waals surface area contributed by atoms with Crippen LogP contribution in [-0.2, 0) is 16.6 Å². The number of rotatable bonds is 5. The molecule has 0 aliphatic carbocycles. The van der Waals surface area contributed by atoms with E-state index in [0.29, 0.717) is 0 Å². The number of hydrogen-bond donors (Lipinski definition) is 0.